The van der Waals surface area contributed by atoms with E-state index in [0.29, 0.717) is 6.04 Å². The number of nitrogens with one attached hydrogen (secondary N) is 1. The predicted octanol–water partition coefficient (Wildman–Crippen LogP) is 2.65. The van der Waals surface area contributed by atoms with Crippen LogP contribution in [0.2, 0.25) is 0 Å². The van der Waals surface area contributed by atoms with Crippen molar-refractivity contribution in [1.29, 1.82) is 0 Å². The molecule has 2 rings (SSSR count). The molecule has 0 radical (unpaired) electrons. The molecule has 3 nitrogen and oxygen atoms in total. The van der Waals surface area contributed by atoms with Gasteiger partial charge in [0, 0.05) is 19.3 Å². The van der Waals surface area contributed by atoms with Crippen molar-refractivity contribution in [2.75, 3.05) is 6.54 Å². The first-order chi connectivity index (χ1) is 7.81. The molecule has 0 aliphatic heterocycles. The lowest BCUT2D eigenvalue weighted by molar-refractivity contribution is 0.451. The minimum absolute atomic E-state index is 0.494. The zero-order valence-electron chi connectivity index (χ0n) is 10.4. The second kappa shape index (κ2) is 5.48. The second-order valence-electron chi connectivity index (χ2n) is 4.96. The van der Waals surface area contributed by atoms with Gasteiger partial charge in [-0.2, -0.15) is 0 Å². The largest absolute Gasteiger partial charge is 0.336 e. The van der Waals surface area contributed by atoms with Gasteiger partial charge in [-0.15, -0.1) is 0 Å². The Morgan fingerprint density at radius 2 is 2.38 bits per heavy atom. The van der Waals surface area contributed by atoms with Crippen LogP contribution >= 0.6 is 0 Å². The molecular weight excluding hydrogens is 198 g/mol. The van der Waals surface area contributed by atoms with Crippen molar-refractivity contribution in [3.05, 3.63) is 18.2 Å². The van der Waals surface area contributed by atoms with E-state index in [1.807, 2.05) is 12.5 Å². The van der Waals surface area contributed by atoms with Crippen LogP contribution in [0.1, 0.15) is 50.8 Å². The van der Waals surface area contributed by atoms with Crippen LogP contribution in [-0.2, 0) is 7.05 Å². The van der Waals surface area contributed by atoms with E-state index in [-0.39, 0.29) is 0 Å². The summed E-state index contributed by atoms with van der Waals surface area (Å²) in [5, 5.41) is 3.63. The minimum Gasteiger partial charge on any atom is -0.336 e. The third kappa shape index (κ3) is 3.08. The number of hydrogen-bond donors (Lipinski definition) is 1. The van der Waals surface area contributed by atoms with E-state index in [4.69, 9.17) is 0 Å². The van der Waals surface area contributed by atoms with Crippen LogP contribution < -0.4 is 5.32 Å². The van der Waals surface area contributed by atoms with Gasteiger partial charge in [-0.25, -0.2) is 4.98 Å². The lowest BCUT2D eigenvalue weighted by atomic mass is 10.1. The van der Waals surface area contributed by atoms with Gasteiger partial charge in [0.15, 0.2) is 0 Å². The number of rotatable bonds is 7. The zero-order valence-corrected chi connectivity index (χ0v) is 10.4. The van der Waals surface area contributed by atoms with Crippen LogP contribution in [-0.4, -0.2) is 16.1 Å². The van der Waals surface area contributed by atoms with Gasteiger partial charge in [0.2, 0.25) is 0 Å². The lowest BCUT2D eigenvalue weighted by Gasteiger charge is -2.18. The van der Waals surface area contributed by atoms with E-state index >= 15 is 0 Å². The van der Waals surface area contributed by atoms with Crippen molar-refractivity contribution in [2.24, 2.45) is 13.0 Å². The molecule has 90 valence electrons. The summed E-state index contributed by atoms with van der Waals surface area (Å²) < 4.78 is 2.14. The van der Waals surface area contributed by atoms with E-state index in [9.17, 15) is 0 Å². The van der Waals surface area contributed by atoms with Gasteiger partial charge >= 0.3 is 0 Å². The molecule has 1 saturated carbocycles. The second-order valence-corrected chi connectivity index (χ2v) is 4.96. The Hall–Kier alpha value is -0.830. The molecule has 1 N–H and O–H groups in total. The molecule has 3 heteroatoms. The molecule has 1 fully saturated rings. The Labute approximate surface area is 98.3 Å². The molecule has 0 spiro atoms. The molecule has 0 bridgehead atoms. The van der Waals surface area contributed by atoms with Crippen LogP contribution in [0.15, 0.2) is 12.5 Å². The standard InChI is InChI=1S/C13H23N3/c1-3-8-15-12(7-6-11-4-5-11)13-9-14-10-16(13)2/h9-12,15H,3-8H2,1-2H3. The van der Waals surface area contributed by atoms with Crippen LogP contribution in [0.25, 0.3) is 0 Å². The Kier molecular flexibility index (Phi) is 3.99. The fourth-order valence-corrected chi connectivity index (χ4v) is 2.19. The maximum absolute atomic E-state index is 4.22. The molecule has 1 aliphatic carbocycles. The van der Waals surface area contributed by atoms with Gasteiger partial charge in [-0.05, 0) is 31.7 Å². The highest BCUT2D eigenvalue weighted by molar-refractivity contribution is 5.05. The first-order valence-electron chi connectivity index (χ1n) is 6.51. The van der Waals surface area contributed by atoms with Crippen molar-refractivity contribution < 1.29 is 0 Å². The summed E-state index contributed by atoms with van der Waals surface area (Å²) in [5.74, 6) is 1.01. The number of aryl methyl sites for hydroxylation is 1. The quantitative estimate of drug-likeness (QED) is 0.767. The molecule has 1 aromatic heterocycles. The zero-order chi connectivity index (χ0) is 11.4. The fourth-order valence-electron chi connectivity index (χ4n) is 2.19. The molecular formula is C13H23N3. The molecule has 1 atom stereocenters. The van der Waals surface area contributed by atoms with Gasteiger partial charge < -0.3 is 9.88 Å². The topological polar surface area (TPSA) is 29.9 Å². The van der Waals surface area contributed by atoms with E-state index in [0.717, 1.165) is 12.5 Å². The molecule has 1 heterocycles. The third-order valence-corrected chi connectivity index (χ3v) is 3.41. The Bertz CT molecular complexity index is 315. The summed E-state index contributed by atoms with van der Waals surface area (Å²) in [6, 6.07) is 0.494. The maximum atomic E-state index is 4.22. The molecule has 16 heavy (non-hydrogen) atoms. The molecule has 0 aromatic carbocycles. The van der Waals surface area contributed by atoms with Crippen LogP contribution in [0.4, 0.5) is 0 Å². The highest BCUT2D eigenvalue weighted by atomic mass is 15.1. The summed E-state index contributed by atoms with van der Waals surface area (Å²) in [7, 11) is 2.08. The number of aromatic nitrogens is 2. The monoisotopic (exact) mass is 221 g/mol. The first-order valence-corrected chi connectivity index (χ1v) is 6.51. The van der Waals surface area contributed by atoms with Gasteiger partial charge in [-0.3, -0.25) is 0 Å². The van der Waals surface area contributed by atoms with Crippen molar-refractivity contribution in [3.8, 4) is 0 Å². The van der Waals surface area contributed by atoms with Crippen molar-refractivity contribution in [1.82, 2.24) is 14.9 Å². The average Bonchev–Trinajstić information content (AvgIpc) is 3.02. The lowest BCUT2D eigenvalue weighted by Crippen LogP contribution is -2.24. The summed E-state index contributed by atoms with van der Waals surface area (Å²) in [5.41, 5.74) is 1.33. The summed E-state index contributed by atoms with van der Waals surface area (Å²) in [4.78, 5) is 4.22. The normalized spacial score (nSPS) is 17.6. The maximum Gasteiger partial charge on any atom is 0.0946 e. The number of hydrogen-bond acceptors (Lipinski definition) is 2. The molecule has 1 aromatic rings. The summed E-state index contributed by atoms with van der Waals surface area (Å²) in [6.07, 6.45) is 10.6. The number of imidazole rings is 1. The van der Waals surface area contributed by atoms with E-state index < -0.39 is 0 Å². The van der Waals surface area contributed by atoms with E-state index in [1.54, 1.807) is 0 Å². The predicted molar refractivity (Wildman–Crippen MR) is 66.2 cm³/mol. The van der Waals surface area contributed by atoms with Gasteiger partial charge in [-0.1, -0.05) is 19.8 Å². The van der Waals surface area contributed by atoms with Gasteiger partial charge in [0.05, 0.1) is 12.0 Å². The molecule has 1 unspecified atom stereocenters. The van der Waals surface area contributed by atoms with Crippen molar-refractivity contribution in [2.45, 2.75) is 45.1 Å². The molecule has 1 aliphatic rings. The van der Waals surface area contributed by atoms with Crippen molar-refractivity contribution >= 4 is 0 Å². The van der Waals surface area contributed by atoms with Crippen LogP contribution in [0.5, 0.6) is 0 Å². The Morgan fingerprint density at radius 1 is 1.56 bits per heavy atom. The minimum atomic E-state index is 0.494. The Balaban J connectivity index is 1.92. The SMILES string of the molecule is CCCNC(CCC1CC1)c1cncn1C. The summed E-state index contributed by atoms with van der Waals surface area (Å²) >= 11 is 0. The Morgan fingerprint density at radius 3 is 2.94 bits per heavy atom. The third-order valence-electron chi connectivity index (χ3n) is 3.41. The summed E-state index contributed by atoms with van der Waals surface area (Å²) in [6.45, 7) is 3.31. The van der Waals surface area contributed by atoms with Crippen molar-refractivity contribution in [3.63, 3.8) is 0 Å². The molecule has 0 saturated heterocycles. The smallest absolute Gasteiger partial charge is 0.0946 e. The molecule has 0 amide bonds. The average molecular weight is 221 g/mol. The van der Waals surface area contributed by atoms with E-state index in [2.05, 4.69) is 28.8 Å². The van der Waals surface area contributed by atoms with E-state index in [1.165, 1.54) is 37.8 Å². The fraction of sp³-hybridized carbons (Fsp3) is 0.769. The van der Waals surface area contributed by atoms with Gasteiger partial charge in [0.25, 0.3) is 0 Å². The highest BCUT2D eigenvalue weighted by Gasteiger charge is 2.23. The van der Waals surface area contributed by atoms with Crippen LogP contribution in [0.3, 0.4) is 0 Å². The van der Waals surface area contributed by atoms with Gasteiger partial charge in [0.1, 0.15) is 0 Å². The van der Waals surface area contributed by atoms with Crippen LogP contribution in [0, 0.1) is 5.92 Å². The number of nitrogens with zero attached hydrogens (tertiary/aromatic N) is 2. The highest BCUT2D eigenvalue weighted by Crippen LogP contribution is 2.35. The first kappa shape index (κ1) is 11.6.